The molecule has 1 amide bonds. The highest BCUT2D eigenvalue weighted by atomic mass is 35.5. The fourth-order valence-electron chi connectivity index (χ4n) is 2.33. The molecule has 0 heterocycles. The summed E-state index contributed by atoms with van der Waals surface area (Å²) >= 11 is 19.9. The summed E-state index contributed by atoms with van der Waals surface area (Å²) in [4.78, 5) is 12.2. The van der Waals surface area contributed by atoms with Crippen LogP contribution in [0.3, 0.4) is 0 Å². The number of para-hydroxylation sites is 1. The summed E-state index contributed by atoms with van der Waals surface area (Å²) in [6, 6.07) is 11.8. The van der Waals surface area contributed by atoms with E-state index in [2.05, 4.69) is 5.32 Å². The molecule has 2 rings (SSSR count). The molecule has 0 aliphatic rings. The number of benzene rings is 2. The summed E-state index contributed by atoms with van der Waals surface area (Å²) in [5, 5.41) is 4.18. The van der Waals surface area contributed by atoms with E-state index in [9.17, 15) is 13.2 Å². The minimum Gasteiger partial charge on any atom is -0.354 e. The fraction of sp³-hybridized carbons (Fsp3) is 0.278. The summed E-state index contributed by atoms with van der Waals surface area (Å²) < 4.78 is 25.1. The summed E-state index contributed by atoms with van der Waals surface area (Å²) in [5.74, 6) is 0.823. The van der Waals surface area contributed by atoms with E-state index in [0.29, 0.717) is 28.1 Å². The zero-order chi connectivity index (χ0) is 20.7. The number of carbonyl (C=O) groups excluding carboxylic acids is 1. The van der Waals surface area contributed by atoms with Gasteiger partial charge in [-0.2, -0.15) is 11.8 Å². The van der Waals surface area contributed by atoms with Crippen molar-refractivity contribution in [2.24, 2.45) is 0 Å². The van der Waals surface area contributed by atoms with Gasteiger partial charge in [0.05, 0.1) is 17.0 Å². The second-order valence-corrected chi connectivity index (χ2v) is 10.1. The highest BCUT2D eigenvalue weighted by Crippen LogP contribution is 2.28. The third-order valence-electron chi connectivity index (χ3n) is 3.69. The van der Waals surface area contributed by atoms with Crippen molar-refractivity contribution in [1.29, 1.82) is 0 Å². The lowest BCUT2D eigenvalue weighted by atomic mass is 10.2. The average Bonchev–Trinajstić information content (AvgIpc) is 2.61. The second-order valence-electron chi connectivity index (χ2n) is 5.82. The minimum absolute atomic E-state index is 0.257. The molecular weight excluding hydrogens is 463 g/mol. The Morgan fingerprint density at radius 1 is 1.04 bits per heavy atom. The Bertz CT molecular complexity index is 919. The topological polar surface area (TPSA) is 66.5 Å². The molecule has 0 aromatic heterocycles. The number of anilines is 1. The molecule has 5 nitrogen and oxygen atoms in total. The zero-order valence-corrected chi connectivity index (χ0v) is 18.9. The third-order valence-corrected chi connectivity index (χ3v) is 6.83. The van der Waals surface area contributed by atoms with E-state index in [1.54, 1.807) is 54.2 Å². The molecule has 2 aromatic rings. The van der Waals surface area contributed by atoms with E-state index >= 15 is 0 Å². The fourth-order valence-corrected chi connectivity index (χ4v) is 5.08. The van der Waals surface area contributed by atoms with Crippen molar-refractivity contribution in [2.45, 2.75) is 5.75 Å². The van der Waals surface area contributed by atoms with Crippen molar-refractivity contribution in [3.8, 4) is 0 Å². The number of nitrogens with zero attached hydrogens (tertiary/aromatic N) is 1. The Morgan fingerprint density at radius 3 is 2.25 bits per heavy atom. The van der Waals surface area contributed by atoms with Crippen LogP contribution in [0.5, 0.6) is 0 Å². The molecule has 0 spiro atoms. The molecule has 0 atom stereocenters. The second kappa shape index (κ2) is 10.6. The maximum Gasteiger partial charge on any atom is 0.240 e. The van der Waals surface area contributed by atoms with Crippen LogP contribution in [0.4, 0.5) is 5.69 Å². The molecule has 0 radical (unpaired) electrons. The van der Waals surface area contributed by atoms with Gasteiger partial charge in [0.25, 0.3) is 0 Å². The monoisotopic (exact) mass is 480 g/mol. The summed E-state index contributed by atoms with van der Waals surface area (Å²) in [6.07, 6.45) is 1.03. The number of nitrogens with one attached hydrogen (secondary N) is 1. The van der Waals surface area contributed by atoms with Crippen molar-refractivity contribution >= 4 is 68.2 Å². The Labute approximate surface area is 184 Å². The van der Waals surface area contributed by atoms with Gasteiger partial charge in [-0.05, 0) is 29.8 Å². The van der Waals surface area contributed by atoms with E-state index in [-0.39, 0.29) is 17.3 Å². The van der Waals surface area contributed by atoms with E-state index in [1.165, 1.54) is 0 Å². The van der Waals surface area contributed by atoms with Gasteiger partial charge >= 0.3 is 0 Å². The van der Waals surface area contributed by atoms with Gasteiger partial charge in [-0.25, -0.2) is 8.42 Å². The molecule has 0 fully saturated rings. The zero-order valence-electron chi connectivity index (χ0n) is 15.0. The highest BCUT2D eigenvalue weighted by molar-refractivity contribution is 7.98. The Hall–Kier alpha value is -1.12. The van der Waals surface area contributed by atoms with Gasteiger partial charge in [-0.1, -0.05) is 53.0 Å². The first-order valence-electron chi connectivity index (χ1n) is 8.19. The minimum atomic E-state index is -3.66. The van der Waals surface area contributed by atoms with Gasteiger partial charge < -0.3 is 5.32 Å². The molecule has 0 aliphatic heterocycles. The highest BCUT2D eigenvalue weighted by Gasteiger charge is 2.22. The van der Waals surface area contributed by atoms with E-state index < -0.39 is 15.9 Å². The van der Waals surface area contributed by atoms with Crippen LogP contribution < -0.4 is 9.62 Å². The standard InChI is InChI=1S/C18H19Cl3N2O3S2/c1-28(25,26)23(17-8-3-2-5-16(17)21)11-18(24)22-9-10-27-12-13-14(19)6-4-7-15(13)20/h2-8H,9-12H2,1H3,(H,22,24). The Balaban J connectivity index is 1.86. The number of sulfonamides is 1. The van der Waals surface area contributed by atoms with Crippen LogP contribution in [0.2, 0.25) is 15.1 Å². The molecule has 152 valence electrons. The maximum absolute atomic E-state index is 12.2. The van der Waals surface area contributed by atoms with Crippen molar-refractivity contribution < 1.29 is 13.2 Å². The third kappa shape index (κ3) is 6.74. The Kier molecular flexibility index (Phi) is 8.77. The number of amides is 1. The van der Waals surface area contributed by atoms with Crippen LogP contribution in [0.25, 0.3) is 0 Å². The maximum atomic E-state index is 12.2. The molecule has 0 bridgehead atoms. The molecule has 0 saturated heterocycles. The lowest BCUT2D eigenvalue weighted by molar-refractivity contribution is -0.119. The first-order valence-corrected chi connectivity index (χ1v) is 12.3. The first-order chi connectivity index (χ1) is 13.2. The largest absolute Gasteiger partial charge is 0.354 e. The molecule has 0 unspecified atom stereocenters. The van der Waals surface area contributed by atoms with Gasteiger partial charge in [0.1, 0.15) is 6.54 Å². The molecule has 0 saturated carbocycles. The normalized spacial score (nSPS) is 11.3. The van der Waals surface area contributed by atoms with Crippen molar-refractivity contribution in [3.63, 3.8) is 0 Å². The number of rotatable bonds is 9. The first kappa shape index (κ1) is 23.2. The van der Waals surface area contributed by atoms with Crippen molar-refractivity contribution in [3.05, 3.63) is 63.1 Å². The van der Waals surface area contributed by atoms with Crippen LogP contribution in [-0.2, 0) is 20.6 Å². The van der Waals surface area contributed by atoms with Gasteiger partial charge in [-0.15, -0.1) is 0 Å². The van der Waals surface area contributed by atoms with E-state index in [4.69, 9.17) is 34.8 Å². The van der Waals surface area contributed by atoms with Gasteiger partial charge in [0, 0.05) is 28.1 Å². The van der Waals surface area contributed by atoms with Crippen molar-refractivity contribution in [1.82, 2.24) is 5.32 Å². The quantitative estimate of drug-likeness (QED) is 0.537. The number of thioether (sulfide) groups is 1. The van der Waals surface area contributed by atoms with E-state index in [0.717, 1.165) is 16.1 Å². The van der Waals surface area contributed by atoms with Crippen molar-refractivity contribution in [2.75, 3.05) is 29.4 Å². The predicted octanol–water partition coefficient (Wildman–Crippen LogP) is 4.46. The molecular formula is C18H19Cl3N2O3S2. The van der Waals surface area contributed by atoms with Crippen LogP contribution in [0.15, 0.2) is 42.5 Å². The number of halogens is 3. The molecule has 2 aromatic carbocycles. The summed E-state index contributed by atoms with van der Waals surface area (Å²) in [6.45, 7) is 0.0370. The van der Waals surface area contributed by atoms with E-state index in [1.807, 2.05) is 0 Å². The average molecular weight is 482 g/mol. The number of hydrogen-bond acceptors (Lipinski definition) is 4. The summed E-state index contributed by atoms with van der Waals surface area (Å²) in [7, 11) is -3.66. The molecule has 10 heteroatoms. The van der Waals surface area contributed by atoms with Crippen LogP contribution in [0.1, 0.15) is 5.56 Å². The smallest absolute Gasteiger partial charge is 0.240 e. The lowest BCUT2D eigenvalue weighted by Crippen LogP contribution is -2.41. The van der Waals surface area contributed by atoms with Crippen LogP contribution >= 0.6 is 46.6 Å². The van der Waals surface area contributed by atoms with Gasteiger partial charge in [0.15, 0.2) is 0 Å². The predicted molar refractivity (Wildman–Crippen MR) is 119 cm³/mol. The number of hydrogen-bond donors (Lipinski definition) is 1. The van der Waals surface area contributed by atoms with Crippen LogP contribution in [0, 0.1) is 0 Å². The van der Waals surface area contributed by atoms with Gasteiger partial charge in [-0.3, -0.25) is 9.10 Å². The summed E-state index contributed by atoms with van der Waals surface area (Å²) in [5.41, 5.74) is 1.12. The SMILES string of the molecule is CS(=O)(=O)N(CC(=O)NCCSCc1c(Cl)cccc1Cl)c1ccccc1Cl. The molecule has 28 heavy (non-hydrogen) atoms. The molecule has 0 aliphatic carbocycles. The molecule has 1 N–H and O–H groups in total. The number of carbonyl (C=O) groups is 1. The lowest BCUT2D eigenvalue weighted by Gasteiger charge is -2.22. The van der Waals surface area contributed by atoms with Gasteiger partial charge in [0.2, 0.25) is 15.9 Å². The Morgan fingerprint density at radius 2 is 1.64 bits per heavy atom. The van der Waals surface area contributed by atoms with Crippen LogP contribution in [-0.4, -0.2) is 39.4 Å².